The van der Waals surface area contributed by atoms with Crippen LogP contribution in [0.2, 0.25) is 0 Å². The van der Waals surface area contributed by atoms with Crippen molar-refractivity contribution in [2.45, 2.75) is 79.1 Å². The normalized spacial score (nSPS) is 14.2. The van der Waals surface area contributed by atoms with Gasteiger partial charge in [0.05, 0.1) is 0 Å². The smallest absolute Gasteiger partial charge is 0.223 e. The maximum atomic E-state index is 12.1. The van der Waals surface area contributed by atoms with Gasteiger partial charge in [0, 0.05) is 12.5 Å². The summed E-state index contributed by atoms with van der Waals surface area (Å²) >= 11 is 0. The van der Waals surface area contributed by atoms with Crippen LogP contribution < -0.4 is 5.32 Å². The molecule has 2 atom stereocenters. The molecule has 0 aliphatic heterocycles. The van der Waals surface area contributed by atoms with Gasteiger partial charge in [-0.15, -0.1) is 0 Å². The van der Waals surface area contributed by atoms with Gasteiger partial charge in [0.15, 0.2) is 0 Å². The molecule has 0 saturated heterocycles. The zero-order valence-corrected chi connectivity index (χ0v) is 12.9. The molecule has 2 heteroatoms. The Morgan fingerprint density at radius 2 is 1.56 bits per heavy atom. The third-order valence-corrected chi connectivity index (χ3v) is 3.88. The number of carbonyl (C=O) groups is 1. The molecule has 0 aromatic heterocycles. The minimum atomic E-state index is 0.230. The van der Waals surface area contributed by atoms with E-state index < -0.39 is 0 Å². The number of unbranched alkanes of at least 4 members (excludes halogenated alkanes) is 2. The minimum absolute atomic E-state index is 0.230. The van der Waals surface area contributed by atoms with E-state index >= 15 is 0 Å². The van der Waals surface area contributed by atoms with Gasteiger partial charge in [-0.1, -0.05) is 59.8 Å². The van der Waals surface area contributed by atoms with E-state index in [4.69, 9.17) is 0 Å². The van der Waals surface area contributed by atoms with E-state index in [9.17, 15) is 4.79 Å². The molecule has 0 radical (unpaired) electrons. The fourth-order valence-corrected chi connectivity index (χ4v) is 2.30. The van der Waals surface area contributed by atoms with E-state index in [1.54, 1.807) is 0 Å². The first kappa shape index (κ1) is 17.5. The highest BCUT2D eigenvalue weighted by Gasteiger charge is 2.16. The Hall–Kier alpha value is -0.530. The summed E-state index contributed by atoms with van der Waals surface area (Å²) in [6.45, 7) is 9.62. The second-order valence-electron chi connectivity index (χ2n) is 5.41. The van der Waals surface area contributed by atoms with Gasteiger partial charge in [-0.05, 0) is 25.2 Å². The van der Waals surface area contributed by atoms with Gasteiger partial charge < -0.3 is 5.32 Å². The number of carbonyl (C=O) groups excluding carboxylic acids is 1. The molecule has 0 aromatic carbocycles. The van der Waals surface area contributed by atoms with Gasteiger partial charge in [-0.25, -0.2) is 0 Å². The Labute approximate surface area is 114 Å². The summed E-state index contributed by atoms with van der Waals surface area (Å²) < 4.78 is 0. The summed E-state index contributed by atoms with van der Waals surface area (Å²) in [5, 5.41) is 3.16. The first-order valence-electron chi connectivity index (χ1n) is 7.97. The van der Waals surface area contributed by atoms with Crippen LogP contribution in [0.25, 0.3) is 0 Å². The quantitative estimate of drug-likeness (QED) is 0.577. The molecular formula is C16H33NO. The van der Waals surface area contributed by atoms with Crippen LogP contribution in [-0.4, -0.2) is 12.5 Å². The zero-order chi connectivity index (χ0) is 13.8. The van der Waals surface area contributed by atoms with Crippen molar-refractivity contribution >= 4 is 5.91 Å². The number of hydrogen-bond donors (Lipinski definition) is 1. The summed E-state index contributed by atoms with van der Waals surface area (Å²) in [5.74, 6) is 1.17. The predicted molar refractivity (Wildman–Crippen MR) is 79.6 cm³/mol. The van der Waals surface area contributed by atoms with E-state index in [0.29, 0.717) is 5.92 Å². The van der Waals surface area contributed by atoms with E-state index in [0.717, 1.165) is 19.4 Å². The van der Waals surface area contributed by atoms with E-state index in [2.05, 4.69) is 33.0 Å². The van der Waals surface area contributed by atoms with Gasteiger partial charge in [0.25, 0.3) is 0 Å². The minimum Gasteiger partial charge on any atom is -0.356 e. The van der Waals surface area contributed by atoms with Gasteiger partial charge >= 0.3 is 0 Å². The van der Waals surface area contributed by atoms with Crippen LogP contribution in [0.3, 0.4) is 0 Å². The molecule has 1 amide bonds. The molecule has 18 heavy (non-hydrogen) atoms. The molecule has 0 aromatic rings. The van der Waals surface area contributed by atoms with Crippen LogP contribution >= 0.6 is 0 Å². The zero-order valence-electron chi connectivity index (χ0n) is 12.9. The lowest BCUT2D eigenvalue weighted by Gasteiger charge is -2.19. The Bertz CT molecular complexity index is 203. The summed E-state index contributed by atoms with van der Waals surface area (Å²) in [7, 11) is 0. The maximum Gasteiger partial charge on any atom is 0.223 e. The Balaban J connectivity index is 3.95. The third kappa shape index (κ3) is 7.73. The Morgan fingerprint density at radius 1 is 0.944 bits per heavy atom. The highest BCUT2D eigenvalue weighted by atomic mass is 16.1. The van der Waals surface area contributed by atoms with Crippen molar-refractivity contribution in [2.24, 2.45) is 11.8 Å². The van der Waals surface area contributed by atoms with Crippen molar-refractivity contribution < 1.29 is 4.79 Å². The lowest BCUT2D eigenvalue weighted by molar-refractivity contribution is -0.125. The first-order valence-corrected chi connectivity index (χ1v) is 7.97. The molecule has 108 valence electrons. The standard InChI is InChI=1S/C16H33NO/c1-5-9-11-14(7-3)13-17-16(18)15(8-4)12-10-6-2/h14-15H,5-13H2,1-4H3,(H,17,18). The molecule has 0 aliphatic rings. The van der Waals surface area contributed by atoms with Crippen LogP contribution in [0.5, 0.6) is 0 Å². The summed E-state index contributed by atoms with van der Waals surface area (Å²) in [5.41, 5.74) is 0. The number of nitrogens with one attached hydrogen (secondary N) is 1. The number of hydrogen-bond acceptors (Lipinski definition) is 1. The molecule has 0 heterocycles. The fraction of sp³-hybridized carbons (Fsp3) is 0.938. The number of rotatable bonds is 11. The van der Waals surface area contributed by atoms with E-state index in [1.807, 2.05) is 0 Å². The fourth-order valence-electron chi connectivity index (χ4n) is 2.30. The van der Waals surface area contributed by atoms with Crippen molar-refractivity contribution in [2.75, 3.05) is 6.54 Å². The summed E-state index contributed by atoms with van der Waals surface area (Å²) in [4.78, 5) is 12.1. The largest absolute Gasteiger partial charge is 0.356 e. The van der Waals surface area contributed by atoms with E-state index in [-0.39, 0.29) is 11.8 Å². The number of amides is 1. The van der Waals surface area contributed by atoms with Crippen molar-refractivity contribution in [1.82, 2.24) is 5.32 Å². The Kier molecular flexibility index (Phi) is 11.2. The molecule has 0 rings (SSSR count). The van der Waals surface area contributed by atoms with Gasteiger partial charge in [-0.3, -0.25) is 4.79 Å². The van der Waals surface area contributed by atoms with Crippen LogP contribution in [0.1, 0.15) is 79.1 Å². The predicted octanol–water partition coefficient (Wildman–Crippen LogP) is 4.54. The lowest BCUT2D eigenvalue weighted by Crippen LogP contribution is -2.34. The molecule has 1 N–H and O–H groups in total. The molecule has 2 nitrogen and oxygen atoms in total. The first-order chi connectivity index (χ1) is 8.69. The van der Waals surface area contributed by atoms with Crippen molar-refractivity contribution in [3.05, 3.63) is 0 Å². The van der Waals surface area contributed by atoms with Crippen LogP contribution in [-0.2, 0) is 4.79 Å². The summed E-state index contributed by atoms with van der Waals surface area (Å²) in [6.07, 6.45) is 9.31. The third-order valence-electron chi connectivity index (χ3n) is 3.88. The van der Waals surface area contributed by atoms with E-state index in [1.165, 1.54) is 38.5 Å². The Morgan fingerprint density at radius 3 is 2.06 bits per heavy atom. The monoisotopic (exact) mass is 255 g/mol. The van der Waals surface area contributed by atoms with Crippen LogP contribution in [0.15, 0.2) is 0 Å². The topological polar surface area (TPSA) is 29.1 Å². The van der Waals surface area contributed by atoms with Crippen molar-refractivity contribution in [1.29, 1.82) is 0 Å². The van der Waals surface area contributed by atoms with Gasteiger partial charge in [-0.2, -0.15) is 0 Å². The highest BCUT2D eigenvalue weighted by Crippen LogP contribution is 2.14. The van der Waals surface area contributed by atoms with Crippen LogP contribution in [0, 0.1) is 11.8 Å². The second kappa shape index (κ2) is 11.6. The molecule has 0 fully saturated rings. The SMILES string of the molecule is CCCCC(CC)CNC(=O)C(CC)CCCC. The molecule has 0 spiro atoms. The molecule has 0 bridgehead atoms. The van der Waals surface area contributed by atoms with Crippen molar-refractivity contribution in [3.8, 4) is 0 Å². The molecular weight excluding hydrogens is 222 g/mol. The molecule has 0 aliphatic carbocycles. The average Bonchev–Trinajstić information content (AvgIpc) is 2.39. The maximum absolute atomic E-state index is 12.1. The van der Waals surface area contributed by atoms with Gasteiger partial charge in [0.2, 0.25) is 5.91 Å². The summed E-state index contributed by atoms with van der Waals surface area (Å²) in [6, 6.07) is 0. The van der Waals surface area contributed by atoms with Crippen molar-refractivity contribution in [3.63, 3.8) is 0 Å². The van der Waals surface area contributed by atoms with Crippen LogP contribution in [0.4, 0.5) is 0 Å². The molecule has 2 unspecified atom stereocenters. The highest BCUT2D eigenvalue weighted by molar-refractivity contribution is 5.78. The average molecular weight is 255 g/mol. The molecule has 0 saturated carbocycles. The second-order valence-corrected chi connectivity index (χ2v) is 5.41. The lowest BCUT2D eigenvalue weighted by atomic mass is 9.96. The van der Waals surface area contributed by atoms with Gasteiger partial charge in [0.1, 0.15) is 0 Å².